The molecule has 0 bridgehead atoms. The molecule has 2 atom stereocenters. The fourth-order valence-electron chi connectivity index (χ4n) is 3.83. The number of halogens is 3. The predicted molar refractivity (Wildman–Crippen MR) is 111 cm³/mol. The molecular formula is C20H25F3N4O3S. The molecule has 2 aromatic rings. The van der Waals surface area contributed by atoms with Gasteiger partial charge in [-0.3, -0.25) is 4.72 Å². The van der Waals surface area contributed by atoms with Crippen LogP contribution >= 0.6 is 0 Å². The monoisotopic (exact) mass is 458 g/mol. The molecule has 1 aromatic heterocycles. The molecule has 0 spiro atoms. The van der Waals surface area contributed by atoms with Crippen molar-refractivity contribution in [3.05, 3.63) is 47.9 Å². The van der Waals surface area contributed by atoms with Crippen LogP contribution in [-0.4, -0.2) is 64.2 Å². The molecule has 0 radical (unpaired) electrons. The number of nitrogens with zero attached hydrogens (tertiary/aromatic N) is 3. The summed E-state index contributed by atoms with van der Waals surface area (Å²) in [5.74, 6) is -3.81. The third kappa shape index (κ3) is 4.48. The fraction of sp³-hybridized carbons (Fsp3) is 0.450. The number of pyridine rings is 1. The Balaban J connectivity index is 1.96. The van der Waals surface area contributed by atoms with E-state index in [0.29, 0.717) is 19.5 Å². The van der Waals surface area contributed by atoms with E-state index < -0.39 is 38.1 Å². The van der Waals surface area contributed by atoms with Crippen LogP contribution in [0.2, 0.25) is 0 Å². The maximum Gasteiger partial charge on any atom is 0.269 e. The topological polar surface area (TPSA) is 74.8 Å². The number of benzene rings is 1. The van der Waals surface area contributed by atoms with Crippen molar-refractivity contribution in [1.82, 2.24) is 9.88 Å². The summed E-state index contributed by atoms with van der Waals surface area (Å²) in [5, 5.41) is 0. The molecule has 2 heterocycles. The van der Waals surface area contributed by atoms with Crippen molar-refractivity contribution in [2.45, 2.75) is 29.9 Å². The number of aromatic nitrogens is 1. The summed E-state index contributed by atoms with van der Waals surface area (Å²) < 4.78 is 76.2. The van der Waals surface area contributed by atoms with Gasteiger partial charge in [-0.2, -0.15) is 4.39 Å². The van der Waals surface area contributed by atoms with E-state index in [1.807, 2.05) is 30.6 Å². The van der Waals surface area contributed by atoms with Crippen molar-refractivity contribution < 1.29 is 26.3 Å². The van der Waals surface area contributed by atoms with Gasteiger partial charge in [-0.1, -0.05) is 6.07 Å². The summed E-state index contributed by atoms with van der Waals surface area (Å²) in [6, 6.07) is 5.52. The Kier molecular flexibility index (Phi) is 6.49. The van der Waals surface area contributed by atoms with Crippen LogP contribution in [0.15, 0.2) is 35.2 Å². The maximum absolute atomic E-state index is 15.3. The van der Waals surface area contributed by atoms with Gasteiger partial charge in [0.05, 0.1) is 5.69 Å². The molecule has 1 aliphatic heterocycles. The summed E-state index contributed by atoms with van der Waals surface area (Å²) in [7, 11) is 0.689. The maximum atomic E-state index is 15.3. The lowest BCUT2D eigenvalue weighted by atomic mass is 9.93. The van der Waals surface area contributed by atoms with E-state index in [9.17, 15) is 17.2 Å². The van der Waals surface area contributed by atoms with Crippen molar-refractivity contribution in [2.24, 2.45) is 0 Å². The number of nitrogens with one attached hydrogen (secondary N) is 1. The molecule has 1 aromatic carbocycles. The van der Waals surface area contributed by atoms with E-state index in [4.69, 9.17) is 4.74 Å². The molecule has 7 nitrogen and oxygen atoms in total. The second-order valence-electron chi connectivity index (χ2n) is 7.74. The quantitative estimate of drug-likeness (QED) is 0.644. The van der Waals surface area contributed by atoms with Gasteiger partial charge in [0, 0.05) is 26.2 Å². The minimum atomic E-state index is -4.70. The minimum absolute atomic E-state index is 0.00469. The minimum Gasteiger partial charge on any atom is -0.375 e. The molecule has 3 rings (SSSR count). The van der Waals surface area contributed by atoms with E-state index >= 15 is 4.39 Å². The van der Waals surface area contributed by atoms with Crippen LogP contribution < -0.4 is 9.62 Å². The summed E-state index contributed by atoms with van der Waals surface area (Å²) in [4.78, 5) is 5.85. The number of methoxy groups -OCH3 is 1. The number of sulfonamides is 1. The highest BCUT2D eigenvalue weighted by molar-refractivity contribution is 7.92. The molecular weight excluding hydrogens is 433 g/mol. The third-order valence-corrected chi connectivity index (χ3v) is 7.19. The number of rotatable bonds is 7. The molecule has 0 saturated carbocycles. The van der Waals surface area contributed by atoms with Crippen molar-refractivity contribution >= 4 is 21.5 Å². The summed E-state index contributed by atoms with van der Waals surface area (Å²) in [5.41, 5.74) is -0.661. The van der Waals surface area contributed by atoms with Crippen molar-refractivity contribution in [3.8, 4) is 0 Å². The van der Waals surface area contributed by atoms with Crippen LogP contribution in [0.5, 0.6) is 0 Å². The average molecular weight is 459 g/mol. The largest absolute Gasteiger partial charge is 0.375 e. The zero-order valence-electron chi connectivity index (χ0n) is 17.7. The second-order valence-corrected chi connectivity index (χ2v) is 9.36. The fourth-order valence-corrected chi connectivity index (χ4v) is 4.98. The Morgan fingerprint density at radius 2 is 1.94 bits per heavy atom. The van der Waals surface area contributed by atoms with Gasteiger partial charge in [-0.15, -0.1) is 0 Å². The van der Waals surface area contributed by atoms with E-state index in [0.717, 1.165) is 12.1 Å². The lowest BCUT2D eigenvalue weighted by Crippen LogP contribution is -2.51. The van der Waals surface area contributed by atoms with Gasteiger partial charge in [-0.25, -0.2) is 22.2 Å². The van der Waals surface area contributed by atoms with Crippen LogP contribution in [0.4, 0.5) is 24.7 Å². The predicted octanol–water partition coefficient (Wildman–Crippen LogP) is 2.85. The highest BCUT2D eigenvalue weighted by atomic mass is 32.2. The highest BCUT2D eigenvalue weighted by Crippen LogP contribution is 2.36. The average Bonchev–Trinajstić information content (AvgIpc) is 3.12. The number of hydrogen-bond acceptors (Lipinski definition) is 6. The lowest BCUT2D eigenvalue weighted by molar-refractivity contribution is -0.0456. The molecule has 0 aliphatic carbocycles. The number of likely N-dealkylation sites (N-methyl/N-ethyl adjacent to an activating group) is 1. The van der Waals surface area contributed by atoms with Gasteiger partial charge in [0.2, 0.25) is 5.95 Å². The second kappa shape index (κ2) is 8.64. The lowest BCUT2D eigenvalue weighted by Gasteiger charge is -2.38. The van der Waals surface area contributed by atoms with Crippen LogP contribution in [0.25, 0.3) is 0 Å². The van der Waals surface area contributed by atoms with Crippen molar-refractivity contribution in [1.29, 1.82) is 0 Å². The number of anilines is 2. The molecule has 11 heteroatoms. The first-order valence-corrected chi connectivity index (χ1v) is 11.1. The van der Waals surface area contributed by atoms with Crippen LogP contribution in [-0.2, 0) is 14.8 Å². The smallest absolute Gasteiger partial charge is 0.269 e. The number of hydrogen-bond donors (Lipinski definition) is 1. The molecule has 31 heavy (non-hydrogen) atoms. The molecule has 170 valence electrons. The first-order valence-electron chi connectivity index (χ1n) is 9.60. The SMILES string of the molecule is COC1(C(C)N(C)C)CCN(c2ccc(F)c(S(=O)(=O)Nc3cccc(F)n3)c2F)C1. The van der Waals surface area contributed by atoms with Crippen molar-refractivity contribution in [3.63, 3.8) is 0 Å². The van der Waals surface area contributed by atoms with E-state index in [2.05, 4.69) is 4.98 Å². The van der Waals surface area contributed by atoms with E-state index in [1.165, 1.54) is 18.2 Å². The molecule has 1 N–H and O–H groups in total. The van der Waals surface area contributed by atoms with E-state index in [1.54, 1.807) is 12.0 Å². The molecule has 0 amide bonds. The Labute approximate surface area is 179 Å². The summed E-state index contributed by atoms with van der Waals surface area (Å²) >= 11 is 0. The third-order valence-electron chi connectivity index (χ3n) is 5.80. The van der Waals surface area contributed by atoms with Gasteiger partial charge in [0.25, 0.3) is 10.0 Å². The van der Waals surface area contributed by atoms with Crippen molar-refractivity contribution in [2.75, 3.05) is 43.9 Å². The van der Waals surface area contributed by atoms with Crippen LogP contribution in [0.1, 0.15) is 13.3 Å². The van der Waals surface area contributed by atoms with Gasteiger partial charge in [-0.05, 0) is 51.7 Å². The van der Waals surface area contributed by atoms with Gasteiger partial charge in [0.15, 0.2) is 10.7 Å². The molecule has 2 unspecified atom stereocenters. The summed E-state index contributed by atoms with van der Waals surface area (Å²) in [6.07, 6.45) is 0.577. The first-order chi connectivity index (χ1) is 14.5. The summed E-state index contributed by atoms with van der Waals surface area (Å²) in [6.45, 7) is 2.68. The van der Waals surface area contributed by atoms with Crippen LogP contribution in [0, 0.1) is 17.6 Å². The normalized spacial score (nSPS) is 20.3. The standard InChI is InChI=1S/C20H25F3N4O3S/c1-13(26(2)3)20(30-4)10-11-27(12-20)15-9-8-14(21)19(18(15)23)31(28,29)25-17-7-5-6-16(22)24-17/h5-9,13H,10-12H2,1-4H3,(H,24,25). The zero-order chi connectivity index (χ0) is 23.0. The van der Waals surface area contributed by atoms with Gasteiger partial charge >= 0.3 is 0 Å². The number of ether oxygens (including phenoxy) is 1. The Bertz CT molecular complexity index is 1070. The molecule has 1 fully saturated rings. The first kappa shape index (κ1) is 23.3. The van der Waals surface area contributed by atoms with E-state index in [-0.39, 0.29) is 17.5 Å². The van der Waals surface area contributed by atoms with Crippen LogP contribution in [0.3, 0.4) is 0 Å². The Hall–Kier alpha value is -2.37. The molecule has 1 saturated heterocycles. The van der Waals surface area contributed by atoms with Gasteiger partial charge in [0.1, 0.15) is 17.2 Å². The van der Waals surface area contributed by atoms with Gasteiger partial charge < -0.3 is 14.5 Å². The zero-order valence-corrected chi connectivity index (χ0v) is 18.5. The Morgan fingerprint density at radius 1 is 1.23 bits per heavy atom. The Morgan fingerprint density at radius 3 is 2.55 bits per heavy atom. The highest BCUT2D eigenvalue weighted by Gasteiger charge is 2.45. The molecule has 1 aliphatic rings.